The number of anilines is 1. The zero-order valence-corrected chi connectivity index (χ0v) is 16.3. The molecule has 0 aliphatic rings. The molecule has 0 spiro atoms. The molecule has 0 aliphatic heterocycles. The molecule has 0 aliphatic carbocycles. The second-order valence-electron chi connectivity index (χ2n) is 4.63. The molecule has 0 saturated carbocycles. The Morgan fingerprint density at radius 3 is 2.55 bits per heavy atom. The Morgan fingerprint density at radius 1 is 1.18 bits per heavy atom. The van der Waals surface area contributed by atoms with Gasteiger partial charge in [0.15, 0.2) is 17.5 Å². The van der Waals surface area contributed by atoms with E-state index in [1.165, 1.54) is 12.8 Å². The fourth-order valence-corrected chi connectivity index (χ4v) is 1.92. The average molecular weight is 421 g/mol. The molecule has 0 amide bonds. The van der Waals surface area contributed by atoms with E-state index in [1.807, 2.05) is 25.1 Å². The summed E-state index contributed by atoms with van der Waals surface area (Å²) in [5.41, 5.74) is 0.916. The number of hydrogen-bond donors (Lipinski definition) is 2. The Morgan fingerprint density at radius 2 is 1.95 bits per heavy atom. The first-order valence-corrected chi connectivity index (χ1v) is 7.53. The van der Waals surface area contributed by atoms with Gasteiger partial charge in [-0.3, -0.25) is 4.99 Å². The molecule has 0 bridgehead atoms. The first-order valence-electron chi connectivity index (χ1n) is 7.53. The van der Waals surface area contributed by atoms with Crippen molar-refractivity contribution < 1.29 is 9.47 Å². The number of nitrogens with zero attached hydrogens (tertiary/aromatic N) is 1. The number of rotatable bonds is 8. The summed E-state index contributed by atoms with van der Waals surface area (Å²) in [6.07, 6.45) is 3.58. The SMILES string of the molecule is CCCCCNC(=NC)Nc1ccc(OCC)c(OC)c1.I. The number of hydrogen-bond acceptors (Lipinski definition) is 3. The van der Waals surface area contributed by atoms with Crippen molar-refractivity contribution in [2.75, 3.05) is 32.6 Å². The number of aliphatic imine (C=N–C) groups is 1. The van der Waals surface area contributed by atoms with Crippen molar-refractivity contribution in [1.82, 2.24) is 5.32 Å². The third-order valence-electron chi connectivity index (χ3n) is 3.02. The highest BCUT2D eigenvalue weighted by Crippen LogP contribution is 2.30. The van der Waals surface area contributed by atoms with Gasteiger partial charge < -0.3 is 20.1 Å². The van der Waals surface area contributed by atoms with Gasteiger partial charge in [0.05, 0.1) is 13.7 Å². The van der Waals surface area contributed by atoms with Crippen molar-refractivity contribution in [2.24, 2.45) is 4.99 Å². The summed E-state index contributed by atoms with van der Waals surface area (Å²) in [7, 11) is 3.40. The van der Waals surface area contributed by atoms with Gasteiger partial charge in [0, 0.05) is 25.3 Å². The lowest BCUT2D eigenvalue weighted by molar-refractivity contribution is 0.311. The molecule has 1 aromatic rings. The van der Waals surface area contributed by atoms with Crippen molar-refractivity contribution in [2.45, 2.75) is 33.1 Å². The minimum absolute atomic E-state index is 0. The van der Waals surface area contributed by atoms with Crippen molar-refractivity contribution in [3.63, 3.8) is 0 Å². The molecule has 0 unspecified atom stereocenters. The monoisotopic (exact) mass is 421 g/mol. The molecule has 6 heteroatoms. The second-order valence-corrected chi connectivity index (χ2v) is 4.63. The average Bonchev–Trinajstić information content (AvgIpc) is 2.51. The molecule has 126 valence electrons. The van der Waals surface area contributed by atoms with Crippen LogP contribution in [0.2, 0.25) is 0 Å². The fourth-order valence-electron chi connectivity index (χ4n) is 1.92. The van der Waals surface area contributed by atoms with E-state index in [0.29, 0.717) is 12.4 Å². The highest BCUT2D eigenvalue weighted by Gasteiger charge is 2.06. The number of ether oxygens (including phenoxy) is 2. The van der Waals surface area contributed by atoms with Crippen LogP contribution in [0.4, 0.5) is 5.69 Å². The van der Waals surface area contributed by atoms with Gasteiger partial charge in [-0.1, -0.05) is 19.8 Å². The first kappa shape index (κ1) is 20.8. The van der Waals surface area contributed by atoms with E-state index in [-0.39, 0.29) is 24.0 Å². The van der Waals surface area contributed by atoms with Gasteiger partial charge in [0.2, 0.25) is 0 Å². The van der Waals surface area contributed by atoms with Crippen LogP contribution in [0.5, 0.6) is 11.5 Å². The van der Waals surface area contributed by atoms with Crippen LogP contribution in [-0.4, -0.2) is 33.3 Å². The number of halogens is 1. The Labute approximate surface area is 150 Å². The number of nitrogens with one attached hydrogen (secondary N) is 2. The summed E-state index contributed by atoms with van der Waals surface area (Å²) < 4.78 is 10.8. The van der Waals surface area contributed by atoms with Crippen molar-refractivity contribution in [1.29, 1.82) is 0 Å². The highest BCUT2D eigenvalue weighted by molar-refractivity contribution is 14.0. The van der Waals surface area contributed by atoms with Crippen molar-refractivity contribution >= 4 is 35.6 Å². The van der Waals surface area contributed by atoms with E-state index in [4.69, 9.17) is 9.47 Å². The molecule has 1 aromatic carbocycles. The minimum Gasteiger partial charge on any atom is -0.493 e. The van der Waals surface area contributed by atoms with E-state index >= 15 is 0 Å². The maximum absolute atomic E-state index is 5.51. The first-order chi connectivity index (χ1) is 10.2. The lowest BCUT2D eigenvalue weighted by Crippen LogP contribution is -2.31. The third-order valence-corrected chi connectivity index (χ3v) is 3.02. The van der Waals surface area contributed by atoms with Gasteiger partial charge in [-0.15, -0.1) is 24.0 Å². The molecule has 0 radical (unpaired) electrons. The fraction of sp³-hybridized carbons (Fsp3) is 0.562. The molecular formula is C16H28IN3O2. The van der Waals surface area contributed by atoms with Gasteiger partial charge in [-0.25, -0.2) is 0 Å². The van der Waals surface area contributed by atoms with E-state index in [0.717, 1.165) is 30.4 Å². The van der Waals surface area contributed by atoms with Crippen LogP contribution in [0.1, 0.15) is 33.1 Å². The summed E-state index contributed by atoms with van der Waals surface area (Å²) in [6.45, 7) is 5.68. The molecule has 0 atom stereocenters. The van der Waals surface area contributed by atoms with Crippen LogP contribution in [0.25, 0.3) is 0 Å². The van der Waals surface area contributed by atoms with E-state index in [1.54, 1.807) is 14.2 Å². The second kappa shape index (κ2) is 12.4. The molecule has 5 nitrogen and oxygen atoms in total. The summed E-state index contributed by atoms with van der Waals surface area (Å²) in [5, 5.41) is 6.55. The third kappa shape index (κ3) is 7.20. The number of unbranched alkanes of at least 4 members (excludes halogenated alkanes) is 2. The summed E-state index contributed by atoms with van der Waals surface area (Å²) in [6, 6.07) is 5.76. The van der Waals surface area contributed by atoms with Crippen LogP contribution in [-0.2, 0) is 0 Å². The summed E-state index contributed by atoms with van der Waals surface area (Å²) >= 11 is 0. The Bertz CT molecular complexity index is 453. The predicted octanol–water partition coefficient (Wildman–Crippen LogP) is 3.89. The number of benzene rings is 1. The van der Waals surface area contributed by atoms with Gasteiger partial charge >= 0.3 is 0 Å². The molecule has 2 N–H and O–H groups in total. The van der Waals surface area contributed by atoms with Crippen LogP contribution in [0, 0.1) is 0 Å². The minimum atomic E-state index is 0. The predicted molar refractivity (Wildman–Crippen MR) is 104 cm³/mol. The quantitative estimate of drug-likeness (QED) is 0.290. The molecule has 1 rings (SSSR count). The molecule has 0 saturated heterocycles. The van der Waals surface area contributed by atoms with Gasteiger partial charge in [0.1, 0.15) is 0 Å². The summed E-state index contributed by atoms with van der Waals surface area (Å²) in [5.74, 6) is 2.22. The summed E-state index contributed by atoms with van der Waals surface area (Å²) in [4.78, 5) is 4.22. The van der Waals surface area contributed by atoms with Gasteiger partial charge in [-0.2, -0.15) is 0 Å². The molecule has 0 heterocycles. The number of methoxy groups -OCH3 is 1. The van der Waals surface area contributed by atoms with Crippen LogP contribution in [0.3, 0.4) is 0 Å². The zero-order chi connectivity index (χ0) is 15.5. The Kier molecular flexibility index (Phi) is 11.7. The lowest BCUT2D eigenvalue weighted by atomic mass is 10.2. The smallest absolute Gasteiger partial charge is 0.195 e. The number of guanidine groups is 1. The van der Waals surface area contributed by atoms with Gasteiger partial charge in [-0.05, 0) is 25.5 Å². The largest absolute Gasteiger partial charge is 0.493 e. The maximum atomic E-state index is 5.51. The standard InChI is InChI=1S/C16H27N3O2.HI/c1-5-7-8-11-18-16(17-3)19-13-9-10-14(21-6-2)15(12-13)20-4;/h9-10,12H,5-8,11H2,1-4H3,(H2,17,18,19);1H. The lowest BCUT2D eigenvalue weighted by Gasteiger charge is -2.14. The normalized spacial score (nSPS) is 10.6. The highest BCUT2D eigenvalue weighted by atomic mass is 127. The molecule has 0 aromatic heterocycles. The Balaban J connectivity index is 0.00000441. The van der Waals surface area contributed by atoms with Crippen LogP contribution < -0.4 is 20.1 Å². The molecule has 22 heavy (non-hydrogen) atoms. The van der Waals surface area contributed by atoms with E-state index < -0.39 is 0 Å². The van der Waals surface area contributed by atoms with E-state index in [2.05, 4.69) is 22.5 Å². The van der Waals surface area contributed by atoms with E-state index in [9.17, 15) is 0 Å². The Hall–Kier alpha value is -1.18. The van der Waals surface area contributed by atoms with Crippen molar-refractivity contribution in [3.8, 4) is 11.5 Å². The molecule has 0 fully saturated rings. The van der Waals surface area contributed by atoms with Crippen LogP contribution in [0.15, 0.2) is 23.2 Å². The van der Waals surface area contributed by atoms with Gasteiger partial charge in [0.25, 0.3) is 0 Å². The van der Waals surface area contributed by atoms with Crippen molar-refractivity contribution in [3.05, 3.63) is 18.2 Å². The maximum Gasteiger partial charge on any atom is 0.195 e. The topological polar surface area (TPSA) is 54.9 Å². The van der Waals surface area contributed by atoms with Crippen LogP contribution >= 0.6 is 24.0 Å². The zero-order valence-electron chi connectivity index (χ0n) is 13.9. The molecular weight excluding hydrogens is 393 g/mol.